The number of nitrogens with one attached hydrogen (secondary N) is 1. The SMILES string of the molecule is CON=C(C(=O)NC1(SC)C(=O)N2C(C(=O)OCOC(=O)C(C)(C)C)=C(C3CCCCO3)CS[C@H]21)c1csc(N)n1. The molecule has 2 amide bonds. The lowest BCUT2D eigenvalue weighted by molar-refractivity contribution is -0.173. The number of carbonyl (C=O) groups excluding carboxylic acids is 4. The van der Waals surface area contributed by atoms with Crippen molar-refractivity contribution in [2.75, 3.05) is 38.3 Å². The Bertz CT molecular complexity index is 1270. The molecule has 3 atom stereocenters. The number of esters is 2. The van der Waals surface area contributed by atoms with Crippen LogP contribution in [0.4, 0.5) is 5.13 Å². The minimum absolute atomic E-state index is 0.0504. The van der Waals surface area contributed by atoms with Gasteiger partial charge in [-0.2, -0.15) is 0 Å². The molecule has 2 fully saturated rings. The summed E-state index contributed by atoms with van der Waals surface area (Å²) in [6.07, 6.45) is 3.84. The molecule has 0 radical (unpaired) electrons. The molecule has 4 rings (SSSR count). The first-order valence-corrected chi connectivity index (χ1v) is 15.9. The third-order valence-corrected chi connectivity index (χ3v) is 9.92. The number of oxime groups is 1. The fraction of sp³-hybridized carbons (Fsp3) is 0.600. The topological polar surface area (TPSA) is 172 Å². The van der Waals surface area contributed by atoms with Crippen molar-refractivity contribution in [2.45, 2.75) is 56.4 Å². The Morgan fingerprint density at radius 2 is 2.07 bits per heavy atom. The van der Waals surface area contributed by atoms with Gasteiger partial charge in [-0.3, -0.25) is 19.3 Å². The lowest BCUT2D eigenvalue weighted by Crippen LogP contribution is -2.78. The highest BCUT2D eigenvalue weighted by atomic mass is 32.2. The number of carbonyl (C=O) groups is 4. The van der Waals surface area contributed by atoms with Gasteiger partial charge < -0.3 is 30.1 Å². The summed E-state index contributed by atoms with van der Waals surface area (Å²) < 4.78 is 16.4. The summed E-state index contributed by atoms with van der Waals surface area (Å²) in [5.41, 5.74) is 5.69. The Hall–Kier alpha value is -2.82. The number of thioether (sulfide) groups is 2. The van der Waals surface area contributed by atoms with Gasteiger partial charge in [0.15, 0.2) is 15.7 Å². The molecule has 4 heterocycles. The van der Waals surface area contributed by atoms with Gasteiger partial charge in [-0.15, -0.1) is 34.9 Å². The number of anilines is 1. The zero-order chi connectivity index (χ0) is 29.9. The van der Waals surface area contributed by atoms with E-state index in [-0.39, 0.29) is 28.3 Å². The van der Waals surface area contributed by atoms with Crippen molar-refractivity contribution in [3.8, 4) is 0 Å². The Balaban J connectivity index is 1.60. The van der Waals surface area contributed by atoms with Crippen LogP contribution in [0.15, 0.2) is 21.8 Å². The summed E-state index contributed by atoms with van der Waals surface area (Å²) in [7, 11) is 1.29. The number of nitrogens with two attached hydrogens (primary N) is 1. The lowest BCUT2D eigenvalue weighted by Gasteiger charge is -2.56. The van der Waals surface area contributed by atoms with Gasteiger partial charge in [-0.25, -0.2) is 9.78 Å². The van der Waals surface area contributed by atoms with E-state index in [9.17, 15) is 19.2 Å². The van der Waals surface area contributed by atoms with Gasteiger partial charge in [-0.1, -0.05) is 5.16 Å². The third kappa shape index (κ3) is 6.20. The molecule has 0 spiro atoms. The quantitative estimate of drug-likeness (QED) is 0.134. The predicted octanol–water partition coefficient (Wildman–Crippen LogP) is 2.08. The number of amides is 2. The van der Waals surface area contributed by atoms with Gasteiger partial charge >= 0.3 is 11.9 Å². The van der Waals surface area contributed by atoms with Crippen LogP contribution in [0.25, 0.3) is 0 Å². The van der Waals surface area contributed by atoms with Gasteiger partial charge in [-0.05, 0) is 51.9 Å². The maximum absolute atomic E-state index is 13.9. The van der Waals surface area contributed by atoms with Crippen molar-refractivity contribution >= 4 is 69.5 Å². The summed E-state index contributed by atoms with van der Waals surface area (Å²) in [5, 5.41) is 7.76. The maximum Gasteiger partial charge on any atom is 0.358 e. The molecule has 3 aliphatic rings. The van der Waals surface area contributed by atoms with Crippen LogP contribution in [-0.2, 0) is 38.2 Å². The molecule has 41 heavy (non-hydrogen) atoms. The number of β-lactam (4-membered cyclic amide) rings is 1. The van der Waals surface area contributed by atoms with Gasteiger partial charge in [0.2, 0.25) is 6.79 Å². The zero-order valence-electron chi connectivity index (χ0n) is 23.4. The van der Waals surface area contributed by atoms with Crippen LogP contribution in [0.3, 0.4) is 0 Å². The second-order valence-corrected chi connectivity index (χ2v) is 13.4. The molecule has 1 aromatic heterocycles. The molecular weight excluding hydrogens is 595 g/mol. The molecule has 0 bridgehead atoms. The second kappa shape index (κ2) is 12.6. The minimum atomic E-state index is -1.42. The zero-order valence-corrected chi connectivity index (χ0v) is 25.8. The molecule has 2 unspecified atom stereocenters. The molecule has 2 saturated heterocycles. The largest absolute Gasteiger partial charge is 0.427 e. The number of hydrogen-bond donors (Lipinski definition) is 2. The monoisotopic (exact) mass is 627 g/mol. The first-order valence-electron chi connectivity index (χ1n) is 12.8. The Labute approximate surface area is 249 Å². The van der Waals surface area contributed by atoms with E-state index in [1.165, 1.54) is 23.8 Å². The summed E-state index contributed by atoms with van der Waals surface area (Å²) in [6, 6.07) is 0. The normalized spacial score (nSPS) is 24.8. The standard InChI is InChI=1S/C25H33N5O8S3/c1-24(2,3)22(34)38-12-37-19(32)17-13(15-8-6-7-9-36-15)10-40-21-25(39-5,20(33)30(17)21)28-18(31)16(29-35-4)14-11-41-23(26)27-14/h11,15,21H,6-10,12H2,1-5H3,(H2,26,27)(H,28,31)/t15?,21-,25?/m0/s1. The van der Waals surface area contributed by atoms with Crippen molar-refractivity contribution in [1.82, 2.24) is 15.2 Å². The average Bonchev–Trinajstić information content (AvgIpc) is 3.38. The van der Waals surface area contributed by atoms with E-state index < -0.39 is 46.2 Å². The number of fused-ring (bicyclic) bond motifs is 1. The van der Waals surface area contributed by atoms with Crippen molar-refractivity contribution < 1.29 is 38.2 Å². The molecule has 224 valence electrons. The Morgan fingerprint density at radius 3 is 2.66 bits per heavy atom. The first-order chi connectivity index (χ1) is 19.4. The van der Waals surface area contributed by atoms with Crippen LogP contribution >= 0.6 is 34.9 Å². The Morgan fingerprint density at radius 1 is 1.32 bits per heavy atom. The van der Waals surface area contributed by atoms with E-state index in [1.54, 1.807) is 32.4 Å². The highest BCUT2D eigenvalue weighted by Crippen LogP contribution is 2.51. The molecule has 16 heteroatoms. The number of aromatic nitrogens is 1. The average molecular weight is 628 g/mol. The summed E-state index contributed by atoms with van der Waals surface area (Å²) in [6.45, 7) is 4.98. The molecule has 3 N–H and O–H groups in total. The fourth-order valence-corrected chi connectivity index (χ4v) is 7.72. The smallest absolute Gasteiger partial charge is 0.358 e. The van der Waals surface area contributed by atoms with E-state index in [1.807, 2.05) is 0 Å². The lowest BCUT2D eigenvalue weighted by atomic mass is 9.96. The summed E-state index contributed by atoms with van der Waals surface area (Å²) in [5.74, 6) is -2.19. The van der Waals surface area contributed by atoms with Crippen molar-refractivity contribution in [2.24, 2.45) is 10.6 Å². The van der Waals surface area contributed by atoms with Crippen LogP contribution < -0.4 is 11.1 Å². The molecule has 0 saturated carbocycles. The molecule has 0 aromatic carbocycles. The van der Waals surface area contributed by atoms with Gasteiger partial charge in [0.1, 0.15) is 23.9 Å². The molecule has 3 aliphatic heterocycles. The number of rotatable bonds is 9. The second-order valence-electron chi connectivity index (χ2n) is 10.4. The fourth-order valence-electron chi connectivity index (χ4n) is 4.50. The van der Waals surface area contributed by atoms with E-state index in [0.29, 0.717) is 24.4 Å². The maximum atomic E-state index is 13.9. The van der Waals surface area contributed by atoms with Crippen LogP contribution in [0, 0.1) is 5.41 Å². The molecule has 0 aliphatic carbocycles. The molecule has 13 nitrogen and oxygen atoms in total. The van der Waals surface area contributed by atoms with Gasteiger partial charge in [0, 0.05) is 17.7 Å². The number of ether oxygens (including phenoxy) is 3. The molecular formula is C25H33N5O8S3. The number of thiazole rings is 1. The number of nitrogen functional groups attached to an aromatic ring is 1. The highest BCUT2D eigenvalue weighted by Gasteiger charge is 2.66. The van der Waals surface area contributed by atoms with Crippen LogP contribution in [0.2, 0.25) is 0 Å². The van der Waals surface area contributed by atoms with E-state index in [0.717, 1.165) is 35.9 Å². The van der Waals surface area contributed by atoms with Crippen molar-refractivity contribution in [1.29, 1.82) is 0 Å². The van der Waals surface area contributed by atoms with Crippen LogP contribution in [0.5, 0.6) is 0 Å². The van der Waals surface area contributed by atoms with Crippen molar-refractivity contribution in [3.63, 3.8) is 0 Å². The minimum Gasteiger partial charge on any atom is -0.427 e. The van der Waals surface area contributed by atoms with Gasteiger partial charge in [0.05, 0.1) is 11.5 Å². The van der Waals surface area contributed by atoms with Gasteiger partial charge in [0.25, 0.3) is 11.8 Å². The van der Waals surface area contributed by atoms with E-state index >= 15 is 0 Å². The van der Waals surface area contributed by atoms with Crippen molar-refractivity contribution in [3.05, 3.63) is 22.3 Å². The third-order valence-electron chi connectivity index (χ3n) is 6.60. The number of hydrogen-bond acceptors (Lipinski definition) is 14. The first kappa shape index (κ1) is 31.1. The summed E-state index contributed by atoms with van der Waals surface area (Å²) >= 11 is 3.67. The predicted molar refractivity (Wildman–Crippen MR) is 155 cm³/mol. The van der Waals surface area contributed by atoms with Crippen LogP contribution in [0.1, 0.15) is 45.7 Å². The highest BCUT2D eigenvalue weighted by molar-refractivity contribution is 8.05. The van der Waals surface area contributed by atoms with E-state index in [2.05, 4.69) is 15.5 Å². The van der Waals surface area contributed by atoms with Crippen LogP contribution in [-0.4, -0.2) is 88.2 Å². The van der Waals surface area contributed by atoms with E-state index in [4.69, 9.17) is 24.8 Å². The number of nitrogens with zero attached hydrogens (tertiary/aromatic N) is 3. The summed E-state index contributed by atoms with van der Waals surface area (Å²) in [4.78, 5) is 61.7. The molecule has 1 aromatic rings. The Kier molecular flexibility index (Phi) is 9.56.